The van der Waals surface area contributed by atoms with Gasteiger partial charge in [-0.1, -0.05) is 43.5 Å². The first-order valence-electron chi connectivity index (χ1n) is 9.45. The van der Waals surface area contributed by atoms with Gasteiger partial charge in [-0.2, -0.15) is 5.10 Å². The minimum atomic E-state index is -0.738. The van der Waals surface area contributed by atoms with Crippen molar-refractivity contribution < 1.29 is 14.3 Å². The van der Waals surface area contributed by atoms with E-state index in [4.69, 9.17) is 22.8 Å². The molecule has 0 aliphatic carbocycles. The Labute approximate surface area is 181 Å². The number of hydrazone groups is 1. The van der Waals surface area contributed by atoms with E-state index < -0.39 is 11.9 Å². The smallest absolute Gasteiger partial charge is 0.262 e. The number of nitrogens with zero attached hydrogens (tertiary/aromatic N) is 1. The number of amides is 2. The summed E-state index contributed by atoms with van der Waals surface area (Å²) in [5, 5.41) is 7.29. The van der Waals surface area contributed by atoms with Gasteiger partial charge in [0.05, 0.1) is 6.21 Å². The highest BCUT2D eigenvalue weighted by molar-refractivity contribution is 6.30. The SMILES string of the molecule is C#CCOc1ccccc1/C=N/NC(=O)C(CC(C)C)NC(=O)c1ccc(Cl)cc1. The molecule has 0 saturated carbocycles. The zero-order chi connectivity index (χ0) is 21.9. The van der Waals surface area contributed by atoms with Crippen molar-refractivity contribution in [2.75, 3.05) is 6.61 Å². The average Bonchev–Trinajstić information content (AvgIpc) is 2.72. The number of rotatable bonds is 9. The minimum absolute atomic E-state index is 0.129. The fraction of sp³-hybridized carbons (Fsp3) is 0.261. The molecule has 2 amide bonds. The summed E-state index contributed by atoms with van der Waals surface area (Å²) in [6.07, 6.45) is 7.15. The van der Waals surface area contributed by atoms with E-state index in [1.54, 1.807) is 36.4 Å². The lowest BCUT2D eigenvalue weighted by molar-refractivity contribution is -0.123. The Kier molecular flexibility index (Phi) is 8.92. The molecule has 2 aromatic carbocycles. The quantitative estimate of drug-likeness (QED) is 0.365. The average molecular weight is 426 g/mol. The number of para-hydroxylation sites is 1. The zero-order valence-corrected chi connectivity index (χ0v) is 17.6. The summed E-state index contributed by atoms with van der Waals surface area (Å²) in [6.45, 7) is 4.07. The molecule has 30 heavy (non-hydrogen) atoms. The van der Waals surface area contributed by atoms with Crippen molar-refractivity contribution in [1.29, 1.82) is 0 Å². The predicted molar refractivity (Wildman–Crippen MR) is 119 cm³/mol. The molecule has 1 atom stereocenters. The fourth-order valence-electron chi connectivity index (χ4n) is 2.63. The number of halogens is 1. The molecule has 0 aliphatic heterocycles. The van der Waals surface area contributed by atoms with Gasteiger partial charge in [-0.15, -0.1) is 6.42 Å². The van der Waals surface area contributed by atoms with Crippen molar-refractivity contribution in [2.24, 2.45) is 11.0 Å². The Hall–Kier alpha value is -3.30. The molecule has 0 aromatic heterocycles. The maximum atomic E-state index is 12.6. The van der Waals surface area contributed by atoms with Crippen LogP contribution in [0.5, 0.6) is 5.75 Å². The van der Waals surface area contributed by atoms with Gasteiger partial charge in [0.2, 0.25) is 0 Å². The highest BCUT2D eigenvalue weighted by atomic mass is 35.5. The Morgan fingerprint density at radius 3 is 2.57 bits per heavy atom. The second-order valence-electron chi connectivity index (χ2n) is 6.93. The van der Waals surface area contributed by atoms with E-state index in [1.807, 2.05) is 26.0 Å². The molecular formula is C23H24ClN3O3. The van der Waals surface area contributed by atoms with E-state index in [9.17, 15) is 9.59 Å². The van der Waals surface area contributed by atoms with Crippen LogP contribution in [-0.2, 0) is 4.79 Å². The van der Waals surface area contributed by atoms with Crippen molar-refractivity contribution in [1.82, 2.24) is 10.7 Å². The summed E-state index contributed by atoms with van der Waals surface area (Å²) >= 11 is 5.86. The van der Waals surface area contributed by atoms with Crippen LogP contribution in [0.2, 0.25) is 5.02 Å². The zero-order valence-electron chi connectivity index (χ0n) is 16.9. The molecule has 2 N–H and O–H groups in total. The predicted octanol–water partition coefficient (Wildman–Crippen LogP) is 3.65. The molecule has 1 unspecified atom stereocenters. The summed E-state index contributed by atoms with van der Waals surface area (Å²) in [5.74, 6) is 2.38. The molecule has 156 valence electrons. The summed E-state index contributed by atoms with van der Waals surface area (Å²) in [4.78, 5) is 25.1. The molecule has 0 fully saturated rings. The fourth-order valence-corrected chi connectivity index (χ4v) is 2.75. The normalized spacial score (nSPS) is 11.7. The lowest BCUT2D eigenvalue weighted by Gasteiger charge is -2.19. The second kappa shape index (κ2) is 11.6. The third-order valence-corrected chi connectivity index (χ3v) is 4.30. The van der Waals surface area contributed by atoms with Gasteiger partial charge in [0, 0.05) is 16.1 Å². The van der Waals surface area contributed by atoms with Gasteiger partial charge in [-0.3, -0.25) is 9.59 Å². The lowest BCUT2D eigenvalue weighted by Crippen LogP contribution is -2.46. The molecule has 0 heterocycles. The number of carbonyl (C=O) groups excluding carboxylic acids is 2. The third-order valence-electron chi connectivity index (χ3n) is 4.04. The standard InChI is InChI=1S/C23H24ClN3O3/c1-4-13-30-21-8-6-5-7-18(21)15-25-27-23(29)20(14-16(2)3)26-22(28)17-9-11-19(24)12-10-17/h1,5-12,15-16,20H,13-14H2,2-3H3,(H,26,28)(H,27,29)/b25-15+. The number of hydrogen-bond acceptors (Lipinski definition) is 4. The van der Waals surface area contributed by atoms with Gasteiger partial charge in [0.1, 0.15) is 18.4 Å². The van der Waals surface area contributed by atoms with Crippen LogP contribution in [0.4, 0.5) is 0 Å². The molecule has 2 aromatic rings. The number of ether oxygens (including phenoxy) is 1. The van der Waals surface area contributed by atoms with Crippen LogP contribution in [0.3, 0.4) is 0 Å². The van der Waals surface area contributed by atoms with Crippen LogP contribution >= 0.6 is 11.6 Å². The number of hydrogen-bond donors (Lipinski definition) is 2. The van der Waals surface area contributed by atoms with Crippen molar-refractivity contribution in [3.05, 3.63) is 64.7 Å². The molecule has 0 spiro atoms. The van der Waals surface area contributed by atoms with Crippen LogP contribution in [0, 0.1) is 18.3 Å². The van der Waals surface area contributed by atoms with Crippen LogP contribution in [0.15, 0.2) is 53.6 Å². The summed E-state index contributed by atoms with van der Waals surface area (Å²) < 4.78 is 5.45. The van der Waals surface area contributed by atoms with Crippen LogP contribution < -0.4 is 15.5 Å². The Bertz CT molecular complexity index is 933. The molecule has 6 nitrogen and oxygen atoms in total. The van der Waals surface area contributed by atoms with Crippen molar-refractivity contribution >= 4 is 29.6 Å². The Morgan fingerprint density at radius 1 is 1.20 bits per heavy atom. The number of nitrogens with one attached hydrogen (secondary N) is 2. The largest absolute Gasteiger partial charge is 0.480 e. The van der Waals surface area contributed by atoms with Crippen LogP contribution in [0.25, 0.3) is 0 Å². The summed E-state index contributed by atoms with van der Waals surface area (Å²) in [7, 11) is 0. The van der Waals surface area contributed by atoms with Crippen molar-refractivity contribution in [3.8, 4) is 18.1 Å². The molecule has 0 radical (unpaired) electrons. The third kappa shape index (κ3) is 7.26. The number of benzene rings is 2. The first kappa shape index (κ1) is 23.0. The van der Waals surface area contributed by atoms with E-state index in [-0.39, 0.29) is 18.4 Å². The van der Waals surface area contributed by atoms with Gasteiger partial charge < -0.3 is 10.1 Å². The molecule has 7 heteroatoms. The molecular weight excluding hydrogens is 402 g/mol. The maximum Gasteiger partial charge on any atom is 0.262 e. The van der Waals surface area contributed by atoms with Gasteiger partial charge in [-0.05, 0) is 48.7 Å². The minimum Gasteiger partial charge on any atom is -0.480 e. The highest BCUT2D eigenvalue weighted by Crippen LogP contribution is 2.15. The first-order chi connectivity index (χ1) is 14.4. The molecule has 0 aliphatic rings. The lowest BCUT2D eigenvalue weighted by atomic mass is 10.0. The highest BCUT2D eigenvalue weighted by Gasteiger charge is 2.22. The van der Waals surface area contributed by atoms with Gasteiger partial charge in [0.15, 0.2) is 0 Å². The number of carbonyl (C=O) groups is 2. The summed E-state index contributed by atoms with van der Waals surface area (Å²) in [6, 6.07) is 12.9. The topological polar surface area (TPSA) is 79.8 Å². The van der Waals surface area contributed by atoms with Gasteiger partial charge in [0.25, 0.3) is 11.8 Å². The second-order valence-corrected chi connectivity index (χ2v) is 7.36. The van der Waals surface area contributed by atoms with Crippen LogP contribution in [0.1, 0.15) is 36.2 Å². The van der Waals surface area contributed by atoms with Crippen LogP contribution in [-0.4, -0.2) is 30.7 Å². The Morgan fingerprint density at radius 2 is 1.90 bits per heavy atom. The molecule has 0 bridgehead atoms. The van der Waals surface area contributed by atoms with E-state index in [0.29, 0.717) is 28.3 Å². The Balaban J connectivity index is 2.05. The van der Waals surface area contributed by atoms with Crippen molar-refractivity contribution in [2.45, 2.75) is 26.3 Å². The molecule has 0 saturated heterocycles. The summed E-state index contributed by atoms with van der Waals surface area (Å²) in [5.41, 5.74) is 3.57. The maximum absolute atomic E-state index is 12.6. The molecule has 2 rings (SSSR count). The monoisotopic (exact) mass is 425 g/mol. The van der Waals surface area contributed by atoms with Gasteiger partial charge in [-0.25, -0.2) is 5.43 Å². The van der Waals surface area contributed by atoms with Crippen molar-refractivity contribution in [3.63, 3.8) is 0 Å². The number of terminal acetylenes is 1. The van der Waals surface area contributed by atoms with E-state index >= 15 is 0 Å². The van der Waals surface area contributed by atoms with Gasteiger partial charge >= 0.3 is 0 Å². The first-order valence-corrected chi connectivity index (χ1v) is 9.83. The van der Waals surface area contributed by atoms with E-state index in [2.05, 4.69) is 21.8 Å². The van der Waals surface area contributed by atoms with E-state index in [1.165, 1.54) is 6.21 Å². The van der Waals surface area contributed by atoms with E-state index in [0.717, 1.165) is 0 Å².